The first-order valence-corrected chi connectivity index (χ1v) is 7.08. The summed E-state index contributed by atoms with van der Waals surface area (Å²) in [7, 11) is 0. The number of para-hydroxylation sites is 1. The van der Waals surface area contributed by atoms with E-state index in [1.807, 2.05) is 6.07 Å². The predicted molar refractivity (Wildman–Crippen MR) is 81.8 cm³/mol. The Balaban J connectivity index is 1.62. The van der Waals surface area contributed by atoms with Crippen LogP contribution in [0.25, 0.3) is 0 Å². The Morgan fingerprint density at radius 3 is 2.90 bits per heavy atom. The molecular weight excluding hydrogens is 251 g/mol. The molecule has 1 unspecified atom stereocenters. The number of halogens is 1. The molecule has 3 rings (SSSR count). The van der Waals surface area contributed by atoms with E-state index < -0.39 is 0 Å². The molecule has 2 nitrogen and oxygen atoms in total. The Bertz CT molecular complexity index is 597. The lowest BCUT2D eigenvalue weighted by Crippen LogP contribution is -2.33. The van der Waals surface area contributed by atoms with Gasteiger partial charge in [-0.1, -0.05) is 24.3 Å². The van der Waals surface area contributed by atoms with Gasteiger partial charge in [0.15, 0.2) is 0 Å². The molecular formula is C17H19FN2. The molecule has 1 aliphatic heterocycles. The van der Waals surface area contributed by atoms with Gasteiger partial charge in [0.05, 0.1) is 0 Å². The minimum absolute atomic E-state index is 0.199. The van der Waals surface area contributed by atoms with Crippen LogP contribution < -0.4 is 10.2 Å². The van der Waals surface area contributed by atoms with E-state index in [-0.39, 0.29) is 5.82 Å². The number of nitrogens with one attached hydrogen (secondary N) is 1. The van der Waals surface area contributed by atoms with Crippen LogP contribution >= 0.6 is 0 Å². The molecule has 2 aromatic rings. The Morgan fingerprint density at radius 2 is 2.05 bits per heavy atom. The maximum atomic E-state index is 13.1. The summed E-state index contributed by atoms with van der Waals surface area (Å²) in [5, 5.41) is 3.28. The molecule has 0 spiro atoms. The molecule has 1 aliphatic rings. The van der Waals surface area contributed by atoms with Gasteiger partial charge in [-0.3, -0.25) is 0 Å². The largest absolute Gasteiger partial charge is 0.383 e. The summed E-state index contributed by atoms with van der Waals surface area (Å²) in [5.74, 6) is -0.199. The molecule has 0 saturated heterocycles. The molecule has 0 amide bonds. The molecule has 104 valence electrons. The van der Waals surface area contributed by atoms with Crippen molar-refractivity contribution in [2.45, 2.75) is 19.4 Å². The fourth-order valence-corrected chi connectivity index (χ4v) is 2.89. The van der Waals surface area contributed by atoms with Gasteiger partial charge >= 0.3 is 0 Å². The average Bonchev–Trinajstić information content (AvgIpc) is 2.75. The summed E-state index contributed by atoms with van der Waals surface area (Å²) in [6.07, 6.45) is 1.11. The summed E-state index contributed by atoms with van der Waals surface area (Å²) >= 11 is 0. The van der Waals surface area contributed by atoms with Gasteiger partial charge in [-0.25, -0.2) is 4.39 Å². The van der Waals surface area contributed by atoms with E-state index >= 15 is 0 Å². The summed E-state index contributed by atoms with van der Waals surface area (Å²) in [6, 6.07) is 15.7. The van der Waals surface area contributed by atoms with Gasteiger partial charge in [0.1, 0.15) is 5.82 Å². The van der Waals surface area contributed by atoms with Crippen LogP contribution in [0.15, 0.2) is 48.5 Å². The zero-order valence-corrected chi connectivity index (χ0v) is 11.6. The number of rotatable bonds is 4. The van der Waals surface area contributed by atoms with Gasteiger partial charge in [-0.2, -0.15) is 0 Å². The van der Waals surface area contributed by atoms with Crippen LogP contribution in [-0.4, -0.2) is 19.1 Å². The van der Waals surface area contributed by atoms with Gasteiger partial charge in [0.25, 0.3) is 0 Å². The van der Waals surface area contributed by atoms with Crippen molar-refractivity contribution in [1.29, 1.82) is 0 Å². The molecule has 3 heteroatoms. The molecule has 1 atom stereocenters. The zero-order valence-electron chi connectivity index (χ0n) is 11.6. The monoisotopic (exact) mass is 270 g/mol. The van der Waals surface area contributed by atoms with Crippen molar-refractivity contribution in [3.8, 4) is 0 Å². The van der Waals surface area contributed by atoms with Crippen LogP contribution in [0.5, 0.6) is 0 Å². The Kier molecular flexibility index (Phi) is 3.59. The highest BCUT2D eigenvalue weighted by Gasteiger charge is 2.24. The first-order valence-electron chi connectivity index (χ1n) is 7.08. The molecule has 2 aromatic carbocycles. The molecule has 1 heterocycles. The van der Waals surface area contributed by atoms with Crippen LogP contribution in [0.3, 0.4) is 0 Å². The Hall–Kier alpha value is -2.03. The lowest BCUT2D eigenvalue weighted by Gasteiger charge is -2.25. The fourth-order valence-electron chi connectivity index (χ4n) is 2.89. The minimum Gasteiger partial charge on any atom is -0.383 e. The quantitative estimate of drug-likeness (QED) is 0.911. The highest BCUT2D eigenvalue weighted by Crippen LogP contribution is 2.31. The average molecular weight is 270 g/mol. The normalized spacial score (nSPS) is 17.1. The summed E-state index contributed by atoms with van der Waals surface area (Å²) in [4.78, 5) is 2.42. The summed E-state index contributed by atoms with van der Waals surface area (Å²) < 4.78 is 13.1. The van der Waals surface area contributed by atoms with Crippen molar-refractivity contribution >= 4 is 11.4 Å². The summed E-state index contributed by atoms with van der Waals surface area (Å²) in [5.41, 5.74) is 3.59. The van der Waals surface area contributed by atoms with Crippen LogP contribution in [-0.2, 0) is 6.42 Å². The van der Waals surface area contributed by atoms with E-state index in [9.17, 15) is 4.39 Å². The molecule has 20 heavy (non-hydrogen) atoms. The van der Waals surface area contributed by atoms with E-state index in [0.717, 1.165) is 25.2 Å². The van der Waals surface area contributed by atoms with E-state index in [4.69, 9.17) is 0 Å². The molecule has 1 N–H and O–H groups in total. The highest BCUT2D eigenvalue weighted by molar-refractivity contribution is 5.59. The highest BCUT2D eigenvalue weighted by atomic mass is 19.1. The van der Waals surface area contributed by atoms with Gasteiger partial charge in [-0.05, 0) is 43.2 Å². The maximum absolute atomic E-state index is 13.1. The number of anilines is 2. The third kappa shape index (κ3) is 2.62. The van der Waals surface area contributed by atoms with Crippen molar-refractivity contribution in [3.05, 3.63) is 59.9 Å². The molecule has 0 bridgehead atoms. The van der Waals surface area contributed by atoms with Crippen molar-refractivity contribution in [2.75, 3.05) is 23.3 Å². The number of nitrogens with zero attached hydrogens (tertiary/aromatic N) is 1. The van der Waals surface area contributed by atoms with Crippen molar-refractivity contribution in [3.63, 3.8) is 0 Å². The van der Waals surface area contributed by atoms with Gasteiger partial charge < -0.3 is 10.2 Å². The molecule has 0 aromatic heterocycles. The summed E-state index contributed by atoms with van der Waals surface area (Å²) in [6.45, 7) is 3.99. The fraction of sp³-hybridized carbons (Fsp3) is 0.294. The molecule has 0 radical (unpaired) electrons. The lowest BCUT2D eigenvalue weighted by atomic mass is 10.1. The topological polar surface area (TPSA) is 15.3 Å². The van der Waals surface area contributed by atoms with Crippen LogP contribution in [0, 0.1) is 5.82 Å². The number of hydrogen-bond donors (Lipinski definition) is 1. The molecule has 0 aliphatic carbocycles. The Labute approximate surface area is 119 Å². The van der Waals surface area contributed by atoms with Crippen LogP contribution in [0.4, 0.5) is 15.8 Å². The molecule has 0 fully saturated rings. The van der Waals surface area contributed by atoms with E-state index in [2.05, 4.69) is 41.4 Å². The molecule has 0 saturated carbocycles. The van der Waals surface area contributed by atoms with Crippen LogP contribution in [0.1, 0.15) is 12.5 Å². The first-order chi connectivity index (χ1) is 9.74. The van der Waals surface area contributed by atoms with E-state index in [0.29, 0.717) is 6.04 Å². The third-order valence-electron chi connectivity index (χ3n) is 3.85. The van der Waals surface area contributed by atoms with Gasteiger partial charge in [0, 0.05) is 30.5 Å². The van der Waals surface area contributed by atoms with E-state index in [1.54, 1.807) is 6.07 Å². The maximum Gasteiger partial charge on any atom is 0.125 e. The Morgan fingerprint density at radius 1 is 1.20 bits per heavy atom. The third-order valence-corrected chi connectivity index (χ3v) is 3.85. The second kappa shape index (κ2) is 5.53. The standard InChI is InChI=1S/C17H19FN2/c1-13-11-14-5-2-3-8-17(14)20(13)10-9-19-16-7-4-6-15(18)12-16/h2-8,12-13,19H,9-11H2,1H3. The van der Waals surface area contributed by atoms with Crippen molar-refractivity contribution in [1.82, 2.24) is 0 Å². The number of hydrogen-bond acceptors (Lipinski definition) is 2. The zero-order chi connectivity index (χ0) is 13.9. The van der Waals surface area contributed by atoms with Crippen LogP contribution in [0.2, 0.25) is 0 Å². The van der Waals surface area contributed by atoms with Gasteiger partial charge in [-0.15, -0.1) is 0 Å². The SMILES string of the molecule is CC1Cc2ccccc2N1CCNc1cccc(F)c1. The number of benzene rings is 2. The smallest absolute Gasteiger partial charge is 0.125 e. The van der Waals surface area contributed by atoms with Gasteiger partial charge in [0.2, 0.25) is 0 Å². The first kappa shape index (κ1) is 13.0. The second-order valence-electron chi connectivity index (χ2n) is 5.31. The number of fused-ring (bicyclic) bond motifs is 1. The van der Waals surface area contributed by atoms with Crippen molar-refractivity contribution in [2.24, 2.45) is 0 Å². The minimum atomic E-state index is -0.199. The predicted octanol–water partition coefficient (Wildman–Crippen LogP) is 3.69. The lowest BCUT2D eigenvalue weighted by molar-refractivity contribution is 0.628. The van der Waals surface area contributed by atoms with E-state index in [1.165, 1.54) is 23.4 Å². The van der Waals surface area contributed by atoms with Crippen molar-refractivity contribution < 1.29 is 4.39 Å². The second-order valence-corrected chi connectivity index (χ2v) is 5.31.